The van der Waals surface area contributed by atoms with E-state index >= 15 is 0 Å². The number of benzene rings is 2. The number of carbonyl (C=O) groups is 1. The van der Waals surface area contributed by atoms with Crippen molar-refractivity contribution in [2.45, 2.75) is 44.7 Å². The largest absolute Gasteiger partial charge is 0.368 e. The molecule has 0 radical (unpaired) electrons. The van der Waals surface area contributed by atoms with Crippen molar-refractivity contribution in [3.63, 3.8) is 0 Å². The fourth-order valence-corrected chi connectivity index (χ4v) is 3.95. The molecule has 4 rings (SSSR count). The van der Waals surface area contributed by atoms with Crippen LogP contribution in [0.4, 0.5) is 23.5 Å². The summed E-state index contributed by atoms with van der Waals surface area (Å²) in [5.74, 6) is -1.49. The predicted octanol–water partition coefficient (Wildman–Crippen LogP) is 3.89. The Balaban J connectivity index is 1.41. The first-order chi connectivity index (χ1) is 17.1. The molecule has 2 aromatic heterocycles. The van der Waals surface area contributed by atoms with Gasteiger partial charge in [-0.25, -0.2) is 27.5 Å². The first kappa shape index (κ1) is 25.3. The molecule has 0 aliphatic rings. The minimum absolute atomic E-state index is 0.0685. The summed E-state index contributed by atoms with van der Waals surface area (Å²) in [5, 5.41) is 4.48. The fraction of sp³-hybridized carbons (Fsp3) is 0.333. The second-order valence-corrected chi connectivity index (χ2v) is 8.66. The summed E-state index contributed by atoms with van der Waals surface area (Å²) >= 11 is 0. The van der Waals surface area contributed by atoms with Crippen LogP contribution in [0.5, 0.6) is 0 Å². The summed E-state index contributed by atoms with van der Waals surface area (Å²) in [5.41, 5.74) is 12.1. The summed E-state index contributed by atoms with van der Waals surface area (Å²) in [4.78, 5) is 22.7. The van der Waals surface area contributed by atoms with Crippen LogP contribution in [0.25, 0.3) is 16.6 Å². The van der Waals surface area contributed by atoms with Gasteiger partial charge in [0.25, 0.3) is 12.3 Å². The molecule has 0 saturated carbocycles. The van der Waals surface area contributed by atoms with E-state index in [4.69, 9.17) is 11.5 Å². The number of anilines is 1. The van der Waals surface area contributed by atoms with E-state index in [1.807, 2.05) is 6.92 Å². The van der Waals surface area contributed by atoms with Gasteiger partial charge in [-0.1, -0.05) is 12.1 Å². The monoisotopic (exact) mass is 503 g/mol. The molecule has 0 aliphatic carbocycles. The summed E-state index contributed by atoms with van der Waals surface area (Å²) in [6, 6.07) is 6.15. The topological polar surface area (TPSA) is 115 Å². The van der Waals surface area contributed by atoms with Crippen molar-refractivity contribution in [1.82, 2.24) is 24.5 Å². The number of hydrogen-bond donors (Lipinski definition) is 2. The number of aryl methyl sites for hydroxylation is 1. The Morgan fingerprint density at radius 1 is 1.14 bits per heavy atom. The number of nitrogen functional groups attached to an aromatic ring is 1. The minimum atomic E-state index is -2.69. The Labute approximate surface area is 203 Å². The third kappa shape index (κ3) is 4.94. The van der Waals surface area contributed by atoms with Crippen molar-refractivity contribution in [3.8, 4) is 0 Å². The Hall–Kier alpha value is -3.80. The lowest BCUT2D eigenvalue weighted by molar-refractivity contribution is 0.0735. The van der Waals surface area contributed by atoms with Crippen LogP contribution < -0.4 is 11.5 Å². The number of hydrogen-bond acceptors (Lipinski definition) is 6. The number of alkyl halides is 2. The second-order valence-electron chi connectivity index (χ2n) is 8.66. The maximum atomic E-state index is 14.1. The molecule has 4 aromatic rings. The number of fused-ring (bicyclic) bond motifs is 3. The van der Waals surface area contributed by atoms with Crippen LogP contribution in [0.2, 0.25) is 0 Å². The standard InChI is InChI=1S/C24H25F4N7O/c1-12(34(2)23(36)14-8-6-13(7-9-14)19(29)21(27)28)4-3-5-18-31-22-16-10-15(25)11-17(26)20(16)32-24(30)35(22)33-18/h6-12,19,21H,3-5,29H2,1-2H3,(H2,30,32)/t12-,19?/m0/s1. The van der Waals surface area contributed by atoms with Crippen molar-refractivity contribution in [1.29, 1.82) is 0 Å². The highest BCUT2D eigenvalue weighted by atomic mass is 19.3. The molecule has 1 amide bonds. The molecule has 2 aromatic carbocycles. The number of amides is 1. The SMILES string of the molecule is C[C@@H](CCCc1nc2c3cc(F)cc(F)c3nc(N)n2n1)N(C)C(=O)c1ccc(C(N)C(F)F)cc1. The van der Waals surface area contributed by atoms with Gasteiger partial charge in [0.15, 0.2) is 17.3 Å². The number of nitrogens with zero attached hydrogens (tertiary/aromatic N) is 5. The van der Waals surface area contributed by atoms with Crippen LogP contribution in [0.1, 0.15) is 47.6 Å². The highest BCUT2D eigenvalue weighted by molar-refractivity contribution is 5.94. The summed E-state index contributed by atoms with van der Waals surface area (Å²) in [7, 11) is 1.66. The summed E-state index contributed by atoms with van der Waals surface area (Å²) in [6.45, 7) is 1.89. The second kappa shape index (κ2) is 10.1. The number of halogens is 4. The van der Waals surface area contributed by atoms with E-state index in [9.17, 15) is 22.4 Å². The van der Waals surface area contributed by atoms with Gasteiger partial charge in [-0.3, -0.25) is 4.79 Å². The maximum absolute atomic E-state index is 14.1. The average molecular weight is 504 g/mol. The molecule has 190 valence electrons. The molecular weight excluding hydrogens is 478 g/mol. The molecule has 8 nitrogen and oxygen atoms in total. The zero-order valence-corrected chi connectivity index (χ0v) is 19.6. The molecule has 2 heterocycles. The van der Waals surface area contributed by atoms with Crippen molar-refractivity contribution in [3.05, 3.63) is 65.0 Å². The van der Waals surface area contributed by atoms with Crippen LogP contribution in [0.3, 0.4) is 0 Å². The third-order valence-corrected chi connectivity index (χ3v) is 6.18. The van der Waals surface area contributed by atoms with Gasteiger partial charge >= 0.3 is 0 Å². The Morgan fingerprint density at radius 3 is 2.50 bits per heavy atom. The van der Waals surface area contributed by atoms with Gasteiger partial charge in [0.2, 0.25) is 5.95 Å². The van der Waals surface area contributed by atoms with Crippen LogP contribution in [-0.2, 0) is 6.42 Å². The van der Waals surface area contributed by atoms with Crippen molar-refractivity contribution < 1.29 is 22.4 Å². The third-order valence-electron chi connectivity index (χ3n) is 6.18. The van der Waals surface area contributed by atoms with Crippen LogP contribution in [0.15, 0.2) is 36.4 Å². The molecule has 2 atom stereocenters. The number of nitrogens with two attached hydrogens (primary N) is 2. The van der Waals surface area contributed by atoms with E-state index < -0.39 is 24.1 Å². The highest BCUT2D eigenvalue weighted by Crippen LogP contribution is 2.24. The lowest BCUT2D eigenvalue weighted by Gasteiger charge is -2.25. The molecule has 0 spiro atoms. The van der Waals surface area contributed by atoms with Crippen LogP contribution in [0, 0.1) is 11.6 Å². The Morgan fingerprint density at radius 2 is 1.83 bits per heavy atom. The molecule has 36 heavy (non-hydrogen) atoms. The fourth-order valence-electron chi connectivity index (χ4n) is 3.95. The van der Waals surface area contributed by atoms with E-state index in [2.05, 4.69) is 15.1 Å². The molecule has 1 unspecified atom stereocenters. The van der Waals surface area contributed by atoms with Gasteiger partial charge in [0, 0.05) is 31.1 Å². The van der Waals surface area contributed by atoms with Gasteiger partial charge in [0.05, 0.1) is 11.4 Å². The quantitative estimate of drug-likeness (QED) is 0.353. The van der Waals surface area contributed by atoms with Gasteiger partial charge in [0.1, 0.15) is 11.3 Å². The molecule has 4 N–H and O–H groups in total. The van der Waals surface area contributed by atoms with Crippen LogP contribution >= 0.6 is 0 Å². The van der Waals surface area contributed by atoms with E-state index in [1.165, 1.54) is 28.8 Å². The van der Waals surface area contributed by atoms with E-state index in [0.29, 0.717) is 30.7 Å². The summed E-state index contributed by atoms with van der Waals surface area (Å²) < 4.78 is 54.7. The number of aromatic nitrogens is 4. The van der Waals surface area contributed by atoms with Crippen molar-refractivity contribution in [2.75, 3.05) is 12.8 Å². The lowest BCUT2D eigenvalue weighted by Crippen LogP contribution is -2.35. The molecule has 0 bridgehead atoms. The molecule has 0 aliphatic heterocycles. The van der Waals surface area contributed by atoms with E-state index in [0.717, 1.165) is 12.1 Å². The van der Waals surface area contributed by atoms with Crippen molar-refractivity contribution >= 4 is 28.4 Å². The van der Waals surface area contributed by atoms with Gasteiger partial charge < -0.3 is 16.4 Å². The van der Waals surface area contributed by atoms with Gasteiger partial charge in [-0.05, 0) is 43.5 Å². The zero-order valence-electron chi connectivity index (χ0n) is 19.6. The van der Waals surface area contributed by atoms with Crippen molar-refractivity contribution in [2.24, 2.45) is 5.73 Å². The molecule has 12 heteroatoms. The van der Waals surface area contributed by atoms with E-state index in [-0.39, 0.29) is 40.0 Å². The minimum Gasteiger partial charge on any atom is -0.368 e. The smallest absolute Gasteiger partial charge is 0.257 e. The lowest BCUT2D eigenvalue weighted by atomic mass is 10.0. The zero-order chi connectivity index (χ0) is 26.1. The predicted molar refractivity (Wildman–Crippen MR) is 126 cm³/mol. The number of carbonyl (C=O) groups excluding carboxylic acids is 1. The molecular formula is C24H25F4N7O. The molecule has 0 saturated heterocycles. The van der Waals surface area contributed by atoms with Gasteiger partial charge in [-0.2, -0.15) is 4.52 Å². The number of rotatable bonds is 8. The molecule has 0 fully saturated rings. The Bertz CT molecular complexity index is 1410. The van der Waals surface area contributed by atoms with Gasteiger partial charge in [-0.15, -0.1) is 5.10 Å². The normalized spacial score (nSPS) is 13.4. The summed E-state index contributed by atoms with van der Waals surface area (Å²) in [6.07, 6.45) is -1.02. The van der Waals surface area contributed by atoms with Crippen LogP contribution in [-0.4, -0.2) is 49.9 Å². The Kier molecular flexibility index (Phi) is 7.07. The first-order valence-electron chi connectivity index (χ1n) is 11.3. The first-order valence-corrected chi connectivity index (χ1v) is 11.3. The van der Waals surface area contributed by atoms with E-state index in [1.54, 1.807) is 11.9 Å². The highest BCUT2D eigenvalue weighted by Gasteiger charge is 2.21. The average Bonchev–Trinajstić information content (AvgIpc) is 3.28. The maximum Gasteiger partial charge on any atom is 0.257 e.